The average molecular weight is 357 g/mol. The Morgan fingerprint density at radius 3 is 2.87 bits per heavy atom. The zero-order chi connectivity index (χ0) is 16.6. The molecule has 124 valence electrons. The van der Waals surface area contributed by atoms with Crippen LogP contribution in [-0.4, -0.2) is 38.9 Å². The van der Waals surface area contributed by atoms with Crippen LogP contribution in [-0.2, 0) is 14.8 Å². The normalized spacial score (nSPS) is 18.4. The van der Waals surface area contributed by atoms with Crippen molar-refractivity contribution in [3.8, 4) is 0 Å². The van der Waals surface area contributed by atoms with E-state index in [1.165, 1.54) is 23.2 Å². The number of sulfonamides is 1. The van der Waals surface area contributed by atoms with Crippen LogP contribution < -0.4 is 9.62 Å². The van der Waals surface area contributed by atoms with Crippen molar-refractivity contribution in [1.82, 2.24) is 9.88 Å². The number of carbonyl (C=O) groups is 1. The third-order valence-corrected chi connectivity index (χ3v) is 5.94. The minimum atomic E-state index is -3.77. The van der Waals surface area contributed by atoms with Crippen molar-refractivity contribution in [2.45, 2.75) is 24.8 Å². The fourth-order valence-corrected chi connectivity index (χ4v) is 4.49. The molecule has 8 nitrogen and oxygen atoms in total. The summed E-state index contributed by atoms with van der Waals surface area (Å²) >= 11 is 1.42. The average Bonchev–Trinajstić information content (AvgIpc) is 3.18. The molecule has 1 aliphatic rings. The number of aryl methyl sites for hydroxylation is 2. The maximum absolute atomic E-state index is 12.3. The van der Waals surface area contributed by atoms with Gasteiger partial charge in [-0.1, -0.05) is 5.16 Å². The first-order chi connectivity index (χ1) is 10.9. The number of hydrogen-bond acceptors (Lipinski definition) is 7. The summed E-state index contributed by atoms with van der Waals surface area (Å²) in [4.78, 5) is 13.4. The summed E-state index contributed by atoms with van der Waals surface area (Å²) in [6, 6.07) is 3.64. The molecule has 1 N–H and O–H groups in total. The number of hydrogen-bond donors (Lipinski definition) is 1. The van der Waals surface area contributed by atoms with Gasteiger partial charge in [-0.05, 0) is 31.4 Å². The highest BCUT2D eigenvalue weighted by molar-refractivity contribution is 7.89. The van der Waals surface area contributed by atoms with Crippen LogP contribution in [0.15, 0.2) is 26.9 Å². The predicted molar refractivity (Wildman–Crippen MR) is 83.1 cm³/mol. The fraction of sp³-hybridized carbons (Fsp3) is 0.385. The molecule has 0 bridgehead atoms. The van der Waals surface area contributed by atoms with E-state index in [0.29, 0.717) is 12.2 Å². The second-order valence-electron chi connectivity index (χ2n) is 5.07. The predicted octanol–water partition coefficient (Wildman–Crippen LogP) is 1.66. The number of nitrogens with zero attached hydrogens (tertiary/aromatic N) is 2. The maximum Gasteiger partial charge on any atom is 0.415 e. The van der Waals surface area contributed by atoms with Gasteiger partial charge in [0, 0.05) is 6.54 Å². The van der Waals surface area contributed by atoms with Crippen molar-refractivity contribution in [3.63, 3.8) is 0 Å². The Morgan fingerprint density at radius 1 is 1.48 bits per heavy atom. The molecule has 1 saturated heterocycles. The number of amides is 1. The number of ether oxygens (including phenoxy) is 1. The number of cyclic esters (lactones) is 1. The molecule has 10 heteroatoms. The van der Waals surface area contributed by atoms with Gasteiger partial charge in [-0.3, -0.25) is 4.90 Å². The molecule has 23 heavy (non-hydrogen) atoms. The molecule has 0 spiro atoms. The van der Waals surface area contributed by atoms with Gasteiger partial charge in [0.2, 0.25) is 10.0 Å². The van der Waals surface area contributed by atoms with Crippen molar-refractivity contribution < 1.29 is 22.5 Å². The van der Waals surface area contributed by atoms with Gasteiger partial charge in [0.25, 0.3) is 0 Å². The SMILES string of the molecule is Cc1noc(C)c1S(=O)(=O)NCC1CN(c2cccs2)C(=O)O1. The lowest BCUT2D eigenvalue weighted by atomic mass is 10.3. The van der Waals surface area contributed by atoms with E-state index in [0.717, 1.165) is 5.00 Å². The van der Waals surface area contributed by atoms with Crippen molar-refractivity contribution >= 4 is 32.5 Å². The van der Waals surface area contributed by atoms with Gasteiger partial charge in [-0.25, -0.2) is 17.9 Å². The van der Waals surface area contributed by atoms with Gasteiger partial charge in [-0.15, -0.1) is 11.3 Å². The minimum absolute atomic E-state index is 0.0139. The van der Waals surface area contributed by atoms with Crippen LogP contribution >= 0.6 is 11.3 Å². The Balaban J connectivity index is 1.66. The molecule has 2 aromatic rings. The van der Waals surface area contributed by atoms with Crippen LogP contribution in [0.25, 0.3) is 0 Å². The maximum atomic E-state index is 12.3. The van der Waals surface area contributed by atoms with E-state index in [1.54, 1.807) is 6.92 Å². The Bertz CT molecular complexity index is 793. The topological polar surface area (TPSA) is 102 Å². The van der Waals surface area contributed by atoms with E-state index in [2.05, 4.69) is 9.88 Å². The van der Waals surface area contributed by atoms with Crippen molar-refractivity contribution in [2.24, 2.45) is 0 Å². The molecular formula is C13H15N3O5S2. The van der Waals surface area contributed by atoms with Gasteiger partial charge in [-0.2, -0.15) is 0 Å². The Labute approximate surface area is 137 Å². The fourth-order valence-electron chi connectivity index (χ4n) is 2.36. The zero-order valence-corrected chi connectivity index (χ0v) is 14.1. The van der Waals surface area contributed by atoms with Gasteiger partial charge in [0.15, 0.2) is 5.76 Å². The second-order valence-corrected chi connectivity index (χ2v) is 7.70. The van der Waals surface area contributed by atoms with E-state index >= 15 is 0 Å². The van der Waals surface area contributed by atoms with E-state index in [1.807, 2.05) is 17.5 Å². The van der Waals surface area contributed by atoms with Crippen LogP contribution in [0.5, 0.6) is 0 Å². The third-order valence-electron chi connectivity index (χ3n) is 3.38. The number of rotatable bonds is 5. The van der Waals surface area contributed by atoms with Gasteiger partial charge in [0.05, 0.1) is 6.54 Å². The number of carbonyl (C=O) groups excluding carboxylic acids is 1. The number of aromatic nitrogens is 1. The molecule has 1 aliphatic heterocycles. The van der Waals surface area contributed by atoms with E-state index in [-0.39, 0.29) is 17.2 Å². The highest BCUT2D eigenvalue weighted by Crippen LogP contribution is 2.26. The number of thiophene rings is 1. The largest absolute Gasteiger partial charge is 0.443 e. The van der Waals surface area contributed by atoms with Gasteiger partial charge >= 0.3 is 6.09 Å². The quantitative estimate of drug-likeness (QED) is 0.873. The van der Waals surface area contributed by atoms with Crippen molar-refractivity contribution in [2.75, 3.05) is 18.0 Å². The lowest BCUT2D eigenvalue weighted by Crippen LogP contribution is -2.34. The molecule has 1 unspecified atom stereocenters. The molecule has 3 heterocycles. The molecule has 0 aromatic carbocycles. The molecule has 1 fully saturated rings. The van der Waals surface area contributed by atoms with Crippen LogP contribution in [0.2, 0.25) is 0 Å². The smallest absolute Gasteiger partial charge is 0.415 e. The molecule has 0 aliphatic carbocycles. The van der Waals surface area contributed by atoms with Crippen LogP contribution in [0.3, 0.4) is 0 Å². The minimum Gasteiger partial charge on any atom is -0.443 e. The second kappa shape index (κ2) is 5.95. The summed E-state index contributed by atoms with van der Waals surface area (Å²) in [5.74, 6) is 0.221. The van der Waals surface area contributed by atoms with Crippen LogP contribution in [0, 0.1) is 13.8 Å². The Kier molecular flexibility index (Phi) is 4.13. The summed E-state index contributed by atoms with van der Waals surface area (Å²) in [5, 5.41) is 6.26. The first-order valence-electron chi connectivity index (χ1n) is 6.82. The highest BCUT2D eigenvalue weighted by atomic mass is 32.2. The number of nitrogens with one attached hydrogen (secondary N) is 1. The Hall–Kier alpha value is -1.91. The molecule has 0 saturated carbocycles. The molecular weight excluding hydrogens is 342 g/mol. The standard InChI is InChI=1S/C13H15N3O5S2/c1-8-12(9(2)21-15-8)23(18,19)14-6-10-7-16(13(17)20-10)11-4-3-5-22-11/h3-5,10,14H,6-7H2,1-2H3. The van der Waals surface area contributed by atoms with Crippen LogP contribution in [0.4, 0.5) is 9.80 Å². The monoisotopic (exact) mass is 357 g/mol. The van der Waals surface area contributed by atoms with Crippen molar-refractivity contribution in [3.05, 3.63) is 29.0 Å². The molecule has 3 rings (SSSR count). The zero-order valence-electron chi connectivity index (χ0n) is 12.5. The first-order valence-corrected chi connectivity index (χ1v) is 9.19. The summed E-state index contributed by atoms with van der Waals surface area (Å²) < 4.78 is 37.2. The van der Waals surface area contributed by atoms with Crippen molar-refractivity contribution in [1.29, 1.82) is 0 Å². The lowest BCUT2D eigenvalue weighted by molar-refractivity contribution is 0.143. The Morgan fingerprint density at radius 2 is 2.26 bits per heavy atom. The summed E-state index contributed by atoms with van der Waals surface area (Å²) in [5.41, 5.74) is 0.290. The number of anilines is 1. The van der Waals surface area contributed by atoms with Gasteiger partial charge < -0.3 is 9.26 Å². The highest BCUT2D eigenvalue weighted by Gasteiger charge is 2.34. The third kappa shape index (κ3) is 3.09. The summed E-state index contributed by atoms with van der Waals surface area (Å²) in [7, 11) is -3.77. The van der Waals surface area contributed by atoms with E-state index in [4.69, 9.17) is 9.26 Å². The molecule has 0 radical (unpaired) electrons. The van der Waals surface area contributed by atoms with Gasteiger partial charge in [0.1, 0.15) is 21.7 Å². The molecule has 1 atom stereocenters. The summed E-state index contributed by atoms with van der Waals surface area (Å²) in [6.07, 6.45) is -1.03. The molecule has 2 aromatic heterocycles. The first kappa shape index (κ1) is 16.0. The lowest BCUT2D eigenvalue weighted by Gasteiger charge is -2.11. The van der Waals surface area contributed by atoms with E-state index < -0.39 is 22.2 Å². The van der Waals surface area contributed by atoms with E-state index in [9.17, 15) is 13.2 Å². The molecule has 1 amide bonds. The van der Waals surface area contributed by atoms with Crippen LogP contribution in [0.1, 0.15) is 11.5 Å². The summed E-state index contributed by atoms with van der Waals surface area (Å²) in [6.45, 7) is 3.37.